The number of hydrogen-bond donors (Lipinski definition) is 1. The first-order chi connectivity index (χ1) is 9.14. The molecule has 5 rings (SSSR count). The highest BCUT2D eigenvalue weighted by Gasteiger charge is 2.53. The molecule has 0 spiro atoms. The average molecular weight is 255 g/mol. The Morgan fingerprint density at radius 2 is 1.63 bits per heavy atom. The molecule has 0 amide bonds. The van der Waals surface area contributed by atoms with Crippen LogP contribution in [0.4, 0.5) is 0 Å². The Morgan fingerprint density at radius 1 is 1.05 bits per heavy atom. The number of rotatable bonds is 2. The molecular formula is C18H25N. The third-order valence-electron chi connectivity index (χ3n) is 6.15. The van der Waals surface area contributed by atoms with Crippen molar-refractivity contribution in [3.8, 4) is 0 Å². The summed E-state index contributed by atoms with van der Waals surface area (Å²) in [7, 11) is 0. The maximum Gasteiger partial charge on any atom is 0.0352 e. The second kappa shape index (κ2) is 4.09. The predicted molar refractivity (Wildman–Crippen MR) is 78.7 cm³/mol. The molecule has 19 heavy (non-hydrogen) atoms. The lowest BCUT2D eigenvalue weighted by molar-refractivity contribution is -0.0677. The van der Waals surface area contributed by atoms with E-state index in [0.29, 0.717) is 5.41 Å². The van der Waals surface area contributed by atoms with Gasteiger partial charge in [-0.05, 0) is 74.2 Å². The molecule has 1 aromatic rings. The molecule has 0 aromatic heterocycles. The van der Waals surface area contributed by atoms with Gasteiger partial charge in [0.25, 0.3) is 0 Å². The van der Waals surface area contributed by atoms with Crippen molar-refractivity contribution >= 4 is 0 Å². The van der Waals surface area contributed by atoms with Gasteiger partial charge >= 0.3 is 0 Å². The van der Waals surface area contributed by atoms with Gasteiger partial charge in [-0.25, -0.2) is 0 Å². The van der Waals surface area contributed by atoms with Crippen LogP contribution < -0.4 is 5.73 Å². The van der Waals surface area contributed by atoms with Gasteiger partial charge in [0.15, 0.2) is 0 Å². The van der Waals surface area contributed by atoms with Gasteiger partial charge in [-0.1, -0.05) is 29.8 Å². The quantitative estimate of drug-likeness (QED) is 0.841. The van der Waals surface area contributed by atoms with Gasteiger partial charge in [-0.15, -0.1) is 0 Å². The van der Waals surface area contributed by atoms with Gasteiger partial charge in [0.05, 0.1) is 0 Å². The van der Waals surface area contributed by atoms with Crippen LogP contribution in [0.2, 0.25) is 0 Å². The third kappa shape index (κ3) is 1.86. The second-order valence-corrected chi connectivity index (χ2v) is 7.67. The van der Waals surface area contributed by atoms with Crippen LogP contribution in [-0.2, 0) is 0 Å². The molecule has 0 aliphatic heterocycles. The predicted octanol–water partition coefficient (Wildman–Crippen LogP) is 4.21. The van der Waals surface area contributed by atoms with Crippen LogP contribution in [0.25, 0.3) is 0 Å². The fourth-order valence-corrected chi connectivity index (χ4v) is 5.78. The van der Waals surface area contributed by atoms with E-state index in [0.717, 1.165) is 17.8 Å². The van der Waals surface area contributed by atoms with Gasteiger partial charge in [-0.2, -0.15) is 0 Å². The lowest BCUT2D eigenvalue weighted by atomic mass is 9.47. The summed E-state index contributed by atoms with van der Waals surface area (Å²) in [6, 6.07) is 9.17. The molecule has 1 aromatic carbocycles. The van der Waals surface area contributed by atoms with E-state index in [1.165, 1.54) is 49.7 Å². The zero-order valence-corrected chi connectivity index (χ0v) is 11.9. The molecule has 4 saturated carbocycles. The highest BCUT2D eigenvalue weighted by atomic mass is 14.7. The monoisotopic (exact) mass is 255 g/mol. The normalized spacial score (nSPS) is 41.5. The van der Waals surface area contributed by atoms with Crippen LogP contribution in [0, 0.1) is 30.1 Å². The molecular weight excluding hydrogens is 230 g/mol. The molecule has 0 radical (unpaired) electrons. The zero-order chi connectivity index (χ0) is 13.0. The van der Waals surface area contributed by atoms with Crippen LogP contribution in [0.1, 0.15) is 55.7 Å². The largest absolute Gasteiger partial charge is 0.323 e. The number of benzene rings is 1. The molecule has 2 N–H and O–H groups in total. The Hall–Kier alpha value is -0.820. The summed E-state index contributed by atoms with van der Waals surface area (Å²) in [6.45, 7) is 2.18. The first kappa shape index (κ1) is 12.0. The minimum atomic E-state index is 0.265. The Bertz CT molecular complexity index is 455. The van der Waals surface area contributed by atoms with E-state index in [-0.39, 0.29) is 6.04 Å². The summed E-state index contributed by atoms with van der Waals surface area (Å²) < 4.78 is 0. The maximum absolute atomic E-state index is 6.76. The van der Waals surface area contributed by atoms with Crippen molar-refractivity contribution in [2.45, 2.75) is 51.5 Å². The molecule has 4 aliphatic carbocycles. The minimum absolute atomic E-state index is 0.265. The maximum atomic E-state index is 6.76. The SMILES string of the molecule is Cc1cccc(C(N)C23CC4CC(CC(C4)C2)C3)c1. The van der Waals surface area contributed by atoms with E-state index in [1.54, 1.807) is 0 Å². The van der Waals surface area contributed by atoms with Crippen molar-refractivity contribution in [1.29, 1.82) is 0 Å². The first-order valence-electron chi connectivity index (χ1n) is 7.97. The number of aryl methyl sites for hydroxylation is 1. The van der Waals surface area contributed by atoms with Gasteiger partial charge in [-0.3, -0.25) is 0 Å². The minimum Gasteiger partial charge on any atom is -0.323 e. The summed E-state index contributed by atoms with van der Waals surface area (Å²) in [6.07, 6.45) is 8.69. The lowest BCUT2D eigenvalue weighted by Crippen LogP contribution is -2.50. The summed E-state index contributed by atoms with van der Waals surface area (Å²) in [5, 5.41) is 0. The molecule has 0 heterocycles. The van der Waals surface area contributed by atoms with E-state index in [4.69, 9.17) is 5.73 Å². The summed E-state index contributed by atoms with van der Waals surface area (Å²) in [5.41, 5.74) is 9.92. The van der Waals surface area contributed by atoms with Crippen molar-refractivity contribution in [3.63, 3.8) is 0 Å². The summed E-state index contributed by atoms with van der Waals surface area (Å²) in [5.74, 6) is 2.96. The Kier molecular flexibility index (Phi) is 2.57. The lowest BCUT2D eigenvalue weighted by Gasteiger charge is -2.59. The van der Waals surface area contributed by atoms with Gasteiger partial charge in [0.1, 0.15) is 0 Å². The van der Waals surface area contributed by atoms with Gasteiger partial charge < -0.3 is 5.73 Å². The van der Waals surface area contributed by atoms with Crippen molar-refractivity contribution in [3.05, 3.63) is 35.4 Å². The van der Waals surface area contributed by atoms with E-state index < -0.39 is 0 Å². The Labute approximate surface area is 116 Å². The molecule has 4 aliphatic rings. The van der Waals surface area contributed by atoms with Crippen molar-refractivity contribution in [2.75, 3.05) is 0 Å². The average Bonchev–Trinajstić information content (AvgIpc) is 2.36. The molecule has 4 bridgehead atoms. The highest BCUT2D eigenvalue weighted by molar-refractivity contribution is 5.27. The zero-order valence-electron chi connectivity index (χ0n) is 11.9. The topological polar surface area (TPSA) is 26.0 Å². The molecule has 1 heteroatoms. The first-order valence-corrected chi connectivity index (χ1v) is 7.97. The molecule has 102 valence electrons. The Balaban J connectivity index is 1.68. The van der Waals surface area contributed by atoms with Crippen molar-refractivity contribution in [2.24, 2.45) is 28.9 Å². The fraction of sp³-hybridized carbons (Fsp3) is 0.667. The van der Waals surface area contributed by atoms with E-state index >= 15 is 0 Å². The highest BCUT2D eigenvalue weighted by Crippen LogP contribution is 2.63. The van der Waals surface area contributed by atoms with E-state index in [1.807, 2.05) is 0 Å². The van der Waals surface area contributed by atoms with Gasteiger partial charge in [0.2, 0.25) is 0 Å². The molecule has 4 fully saturated rings. The van der Waals surface area contributed by atoms with Crippen molar-refractivity contribution < 1.29 is 0 Å². The van der Waals surface area contributed by atoms with Crippen molar-refractivity contribution in [1.82, 2.24) is 0 Å². The number of nitrogens with two attached hydrogens (primary N) is 1. The molecule has 1 atom stereocenters. The fourth-order valence-electron chi connectivity index (χ4n) is 5.78. The summed E-state index contributed by atoms with van der Waals surface area (Å²) in [4.78, 5) is 0. The van der Waals surface area contributed by atoms with Crippen LogP contribution in [-0.4, -0.2) is 0 Å². The smallest absolute Gasteiger partial charge is 0.0352 e. The van der Waals surface area contributed by atoms with Crippen LogP contribution >= 0.6 is 0 Å². The standard InChI is InChI=1S/C18H25N/c1-12-3-2-4-16(5-12)17(19)18-9-13-6-14(10-18)8-15(7-13)11-18/h2-5,13-15,17H,6-11,19H2,1H3. The number of hydrogen-bond acceptors (Lipinski definition) is 1. The molecule has 1 nitrogen and oxygen atoms in total. The Morgan fingerprint density at radius 3 is 2.16 bits per heavy atom. The van der Waals surface area contributed by atoms with Crippen LogP contribution in [0.5, 0.6) is 0 Å². The molecule has 1 unspecified atom stereocenters. The molecule has 0 saturated heterocycles. The third-order valence-corrected chi connectivity index (χ3v) is 6.15. The van der Waals surface area contributed by atoms with Crippen LogP contribution in [0.15, 0.2) is 24.3 Å². The van der Waals surface area contributed by atoms with Crippen LogP contribution in [0.3, 0.4) is 0 Å². The second-order valence-electron chi connectivity index (χ2n) is 7.67. The van der Waals surface area contributed by atoms with E-state index in [9.17, 15) is 0 Å². The summed E-state index contributed by atoms with van der Waals surface area (Å²) >= 11 is 0. The van der Waals surface area contributed by atoms with Gasteiger partial charge in [0, 0.05) is 6.04 Å². The van der Waals surface area contributed by atoms with E-state index in [2.05, 4.69) is 31.2 Å².